The molecule has 3 aliphatic heterocycles. The molecule has 0 saturated carbocycles. The highest BCUT2D eigenvalue weighted by Gasteiger charge is 2.30. The summed E-state index contributed by atoms with van der Waals surface area (Å²) in [5.41, 5.74) is 2.10. The average Bonchev–Trinajstić information content (AvgIpc) is 3.23. The number of aromatic nitrogens is 1. The number of hydrogen-bond donors (Lipinski definition) is 1. The van der Waals surface area contributed by atoms with Gasteiger partial charge in [0.1, 0.15) is 11.3 Å². The van der Waals surface area contributed by atoms with E-state index in [0.717, 1.165) is 31.0 Å². The van der Waals surface area contributed by atoms with E-state index in [9.17, 15) is 14.4 Å². The first kappa shape index (κ1) is 24.2. The second-order valence-corrected chi connectivity index (χ2v) is 9.65. The molecule has 0 radical (unpaired) electrons. The van der Waals surface area contributed by atoms with E-state index >= 15 is 0 Å². The number of pyridine rings is 1. The van der Waals surface area contributed by atoms with Crippen LogP contribution in [0.25, 0.3) is 0 Å². The number of fused-ring (bicyclic) bond motifs is 2. The van der Waals surface area contributed by atoms with Gasteiger partial charge in [-0.25, -0.2) is 0 Å². The van der Waals surface area contributed by atoms with E-state index in [1.165, 1.54) is 23.6 Å². The summed E-state index contributed by atoms with van der Waals surface area (Å²) < 4.78 is 18.1. The van der Waals surface area contributed by atoms with E-state index < -0.39 is 0 Å². The van der Waals surface area contributed by atoms with Crippen LogP contribution in [0, 0.1) is 5.92 Å². The molecular formula is C26H32N4O6. The Morgan fingerprint density at radius 3 is 2.75 bits per heavy atom. The Labute approximate surface area is 209 Å². The Hall–Kier alpha value is -3.53. The van der Waals surface area contributed by atoms with Gasteiger partial charge in [0.2, 0.25) is 12.7 Å². The number of carbonyl (C=O) groups is 2. The fraction of sp³-hybridized carbons (Fsp3) is 0.500. The smallest absolute Gasteiger partial charge is 0.259 e. The summed E-state index contributed by atoms with van der Waals surface area (Å²) in [6.07, 6.45) is 1.44. The molecule has 2 amide bonds. The van der Waals surface area contributed by atoms with Crippen LogP contribution in [0.2, 0.25) is 0 Å². The van der Waals surface area contributed by atoms with Crippen LogP contribution in [0.5, 0.6) is 17.2 Å². The Bertz CT molecular complexity index is 1230. The topological polar surface area (TPSA) is 102 Å². The van der Waals surface area contributed by atoms with Crippen LogP contribution in [0.1, 0.15) is 28.5 Å². The molecule has 4 heterocycles. The predicted octanol–water partition coefficient (Wildman–Crippen LogP) is 0.895. The van der Waals surface area contributed by atoms with Crippen LogP contribution in [-0.4, -0.2) is 79.4 Å². The fourth-order valence-corrected chi connectivity index (χ4v) is 5.31. The highest BCUT2D eigenvalue weighted by molar-refractivity contribution is 6.00. The van der Waals surface area contributed by atoms with Gasteiger partial charge >= 0.3 is 0 Å². The molecule has 192 valence electrons. The van der Waals surface area contributed by atoms with E-state index in [-0.39, 0.29) is 36.5 Å². The minimum Gasteiger partial charge on any atom is -0.496 e. The summed E-state index contributed by atoms with van der Waals surface area (Å²) in [5.74, 6) is 1.78. The Balaban J connectivity index is 1.31. The van der Waals surface area contributed by atoms with Crippen molar-refractivity contribution in [1.29, 1.82) is 0 Å². The normalized spacial score (nSPS) is 18.3. The van der Waals surface area contributed by atoms with Crippen LogP contribution in [0.3, 0.4) is 0 Å². The number of amides is 2. The molecule has 0 aliphatic carbocycles. The van der Waals surface area contributed by atoms with E-state index in [2.05, 4.69) is 23.2 Å². The summed E-state index contributed by atoms with van der Waals surface area (Å²) in [4.78, 5) is 42.2. The monoisotopic (exact) mass is 496 g/mol. The molecule has 1 unspecified atom stereocenters. The van der Waals surface area contributed by atoms with Crippen molar-refractivity contribution < 1.29 is 23.8 Å². The third-order valence-electron chi connectivity index (χ3n) is 7.04. The van der Waals surface area contributed by atoms with Gasteiger partial charge in [-0.1, -0.05) is 13.0 Å². The second kappa shape index (κ2) is 10.2. The predicted molar refractivity (Wildman–Crippen MR) is 132 cm³/mol. The van der Waals surface area contributed by atoms with Gasteiger partial charge in [0.05, 0.1) is 13.7 Å². The second-order valence-electron chi connectivity index (χ2n) is 9.65. The number of piperazine rings is 1. The largest absolute Gasteiger partial charge is 0.496 e. The van der Waals surface area contributed by atoms with Gasteiger partial charge in [-0.3, -0.25) is 14.4 Å². The lowest BCUT2D eigenvalue weighted by Gasteiger charge is -2.28. The van der Waals surface area contributed by atoms with E-state index in [4.69, 9.17) is 14.2 Å². The van der Waals surface area contributed by atoms with Crippen molar-refractivity contribution in [1.82, 2.24) is 19.7 Å². The van der Waals surface area contributed by atoms with Gasteiger partial charge in [0.25, 0.3) is 11.5 Å². The molecule has 36 heavy (non-hydrogen) atoms. The number of ether oxygens (including phenoxy) is 3. The Morgan fingerprint density at radius 2 is 1.94 bits per heavy atom. The maximum Gasteiger partial charge on any atom is 0.259 e. The minimum absolute atomic E-state index is 0.00402. The lowest BCUT2D eigenvalue weighted by Crippen LogP contribution is -2.50. The molecule has 10 heteroatoms. The molecule has 0 bridgehead atoms. The number of benzene rings is 1. The average molecular weight is 497 g/mol. The first-order valence-corrected chi connectivity index (χ1v) is 12.4. The van der Waals surface area contributed by atoms with Gasteiger partial charge in [0.15, 0.2) is 11.5 Å². The molecular weight excluding hydrogens is 464 g/mol. The number of rotatable bonds is 6. The number of hydrogen-bond acceptors (Lipinski definition) is 7. The zero-order chi connectivity index (χ0) is 25.2. The van der Waals surface area contributed by atoms with Crippen molar-refractivity contribution in [3.63, 3.8) is 0 Å². The summed E-state index contributed by atoms with van der Waals surface area (Å²) in [6, 6.07) is 7.46. The van der Waals surface area contributed by atoms with Gasteiger partial charge in [-0.15, -0.1) is 0 Å². The quantitative estimate of drug-likeness (QED) is 0.634. The van der Waals surface area contributed by atoms with Crippen molar-refractivity contribution in [2.45, 2.75) is 26.3 Å². The van der Waals surface area contributed by atoms with Crippen molar-refractivity contribution in [3.8, 4) is 17.2 Å². The fourth-order valence-electron chi connectivity index (χ4n) is 5.31. The maximum atomic E-state index is 13.5. The van der Waals surface area contributed by atoms with Crippen LogP contribution in [0.15, 0.2) is 29.1 Å². The number of carbonyl (C=O) groups excluding carboxylic acids is 2. The van der Waals surface area contributed by atoms with Gasteiger partial charge in [0, 0.05) is 57.4 Å². The SMILES string of the molecule is COc1cc(=O)n2c(c1C(=O)N1CCNC(=O)C1)CCN(CC(C)Cc1ccc3c(c1)OCO3)CC2. The lowest BCUT2D eigenvalue weighted by atomic mass is 10.00. The van der Waals surface area contributed by atoms with Crippen LogP contribution >= 0.6 is 0 Å². The van der Waals surface area contributed by atoms with Crippen LogP contribution in [0.4, 0.5) is 0 Å². The third-order valence-corrected chi connectivity index (χ3v) is 7.04. The van der Waals surface area contributed by atoms with Crippen LogP contribution < -0.4 is 25.1 Å². The highest BCUT2D eigenvalue weighted by atomic mass is 16.7. The molecule has 0 spiro atoms. The zero-order valence-electron chi connectivity index (χ0n) is 20.7. The molecule has 1 aromatic heterocycles. The molecule has 1 aromatic carbocycles. The molecule has 3 aliphatic rings. The maximum absolute atomic E-state index is 13.5. The minimum atomic E-state index is -0.268. The first-order valence-electron chi connectivity index (χ1n) is 12.4. The summed E-state index contributed by atoms with van der Waals surface area (Å²) >= 11 is 0. The van der Waals surface area contributed by atoms with Gasteiger partial charge in [-0.05, 0) is 30.0 Å². The highest BCUT2D eigenvalue weighted by Crippen LogP contribution is 2.33. The summed E-state index contributed by atoms with van der Waals surface area (Å²) in [7, 11) is 1.46. The van der Waals surface area contributed by atoms with Crippen molar-refractivity contribution in [2.24, 2.45) is 5.92 Å². The molecule has 1 atom stereocenters. The Morgan fingerprint density at radius 1 is 1.11 bits per heavy atom. The van der Waals surface area contributed by atoms with Gasteiger partial charge < -0.3 is 33.9 Å². The standard InChI is InChI=1S/C26H32N4O6/c1-17(11-18-3-4-20-21(12-18)36-16-35-20)14-28-7-5-19-25(26(33)29-8-6-27-23(31)15-29)22(34-2)13-24(32)30(19)10-9-28/h3-4,12-13,17H,5-11,14-16H2,1-2H3,(H,27,31). The molecule has 1 N–H and O–H groups in total. The van der Waals surface area contributed by atoms with E-state index in [1.807, 2.05) is 12.1 Å². The zero-order valence-corrected chi connectivity index (χ0v) is 20.7. The molecule has 10 nitrogen and oxygen atoms in total. The van der Waals surface area contributed by atoms with Crippen LogP contribution in [-0.2, 0) is 24.2 Å². The van der Waals surface area contributed by atoms with Gasteiger partial charge in [-0.2, -0.15) is 0 Å². The summed E-state index contributed by atoms with van der Waals surface area (Å²) in [6.45, 7) is 6.12. The number of methoxy groups -OCH3 is 1. The number of nitrogens with one attached hydrogen (secondary N) is 1. The Kier molecular flexibility index (Phi) is 6.86. The molecule has 1 saturated heterocycles. The summed E-state index contributed by atoms with van der Waals surface area (Å²) in [5, 5.41) is 2.74. The lowest BCUT2D eigenvalue weighted by molar-refractivity contribution is -0.123. The van der Waals surface area contributed by atoms with E-state index in [1.54, 1.807) is 4.57 Å². The first-order chi connectivity index (χ1) is 17.4. The van der Waals surface area contributed by atoms with Crippen molar-refractivity contribution in [3.05, 3.63) is 51.4 Å². The molecule has 1 fully saturated rings. The van der Waals surface area contributed by atoms with E-state index in [0.29, 0.717) is 49.8 Å². The molecule has 2 aromatic rings. The van der Waals surface area contributed by atoms with Crippen molar-refractivity contribution >= 4 is 11.8 Å². The number of nitrogens with zero attached hydrogens (tertiary/aromatic N) is 3. The van der Waals surface area contributed by atoms with Crippen molar-refractivity contribution in [2.75, 3.05) is 53.2 Å². The molecule has 5 rings (SSSR count). The third kappa shape index (κ3) is 4.90.